The first kappa shape index (κ1) is 15.3. The molecule has 0 radical (unpaired) electrons. The molecule has 1 fully saturated rings. The van der Waals surface area contributed by atoms with E-state index in [-0.39, 0.29) is 6.09 Å². The first-order valence-electron chi connectivity index (χ1n) is 7.17. The van der Waals surface area contributed by atoms with Crippen molar-refractivity contribution in [2.24, 2.45) is 0 Å². The molecule has 4 nitrogen and oxygen atoms in total. The Morgan fingerprint density at radius 3 is 2.75 bits per heavy atom. The molecule has 0 aliphatic carbocycles. The number of thiophene rings is 1. The lowest BCUT2D eigenvalue weighted by Crippen LogP contribution is -2.39. The van der Waals surface area contributed by atoms with Gasteiger partial charge in [0.2, 0.25) is 0 Å². The van der Waals surface area contributed by atoms with Crippen LogP contribution < -0.4 is 0 Å². The van der Waals surface area contributed by atoms with Crippen LogP contribution in [0, 0.1) is 0 Å². The van der Waals surface area contributed by atoms with Crippen LogP contribution in [0.3, 0.4) is 0 Å². The molecule has 0 saturated carbocycles. The Labute approximate surface area is 125 Å². The molecule has 1 aromatic heterocycles. The zero-order chi connectivity index (χ0) is 14.6. The fourth-order valence-corrected chi connectivity index (χ4v) is 3.01. The van der Waals surface area contributed by atoms with Crippen molar-refractivity contribution in [3.05, 3.63) is 22.4 Å². The van der Waals surface area contributed by atoms with Gasteiger partial charge in [-0.15, -0.1) is 11.3 Å². The molecule has 112 valence electrons. The molecule has 1 aliphatic rings. The lowest BCUT2D eigenvalue weighted by atomic mass is 10.2. The van der Waals surface area contributed by atoms with Crippen molar-refractivity contribution >= 4 is 17.4 Å². The van der Waals surface area contributed by atoms with Crippen molar-refractivity contribution in [2.45, 2.75) is 39.3 Å². The van der Waals surface area contributed by atoms with Crippen LogP contribution in [0.4, 0.5) is 4.79 Å². The fourth-order valence-electron chi connectivity index (χ4n) is 2.26. The van der Waals surface area contributed by atoms with E-state index >= 15 is 0 Å². The summed E-state index contributed by atoms with van der Waals surface area (Å²) in [5.74, 6) is 0. The third kappa shape index (κ3) is 4.80. The quantitative estimate of drug-likeness (QED) is 0.840. The standard InChI is InChI=1S/C15H24N2O2S/c1-15(2,3)19-14(18)17-8-5-7-16(9-10-17)12-13-6-4-11-20-13/h4,6,11H,5,7-10,12H2,1-3H3. The SMILES string of the molecule is CC(C)(C)OC(=O)N1CCCN(Cc2cccs2)CC1. The van der Waals surface area contributed by atoms with Crippen LogP contribution in [0.25, 0.3) is 0 Å². The van der Waals surface area contributed by atoms with E-state index in [1.165, 1.54) is 4.88 Å². The van der Waals surface area contributed by atoms with Crippen LogP contribution in [0.2, 0.25) is 0 Å². The molecule has 2 heterocycles. The maximum atomic E-state index is 12.1. The first-order valence-corrected chi connectivity index (χ1v) is 8.05. The monoisotopic (exact) mass is 296 g/mol. The van der Waals surface area contributed by atoms with Crippen molar-refractivity contribution in [2.75, 3.05) is 26.2 Å². The highest BCUT2D eigenvalue weighted by Crippen LogP contribution is 2.15. The summed E-state index contributed by atoms with van der Waals surface area (Å²) in [6, 6.07) is 4.26. The van der Waals surface area contributed by atoms with E-state index < -0.39 is 5.60 Å². The summed E-state index contributed by atoms with van der Waals surface area (Å²) in [6.07, 6.45) is 0.820. The van der Waals surface area contributed by atoms with Gasteiger partial charge in [-0.2, -0.15) is 0 Å². The van der Waals surface area contributed by atoms with Gasteiger partial charge in [0.1, 0.15) is 5.60 Å². The minimum absolute atomic E-state index is 0.185. The van der Waals surface area contributed by atoms with E-state index in [1.807, 2.05) is 25.7 Å². The van der Waals surface area contributed by atoms with Crippen LogP contribution in [-0.2, 0) is 11.3 Å². The number of rotatable bonds is 2. The third-order valence-corrected chi connectivity index (χ3v) is 4.06. The topological polar surface area (TPSA) is 32.8 Å². The third-order valence-electron chi connectivity index (χ3n) is 3.20. The Bertz CT molecular complexity index is 426. The highest BCUT2D eigenvalue weighted by molar-refractivity contribution is 7.09. The van der Waals surface area contributed by atoms with Crippen molar-refractivity contribution in [3.8, 4) is 0 Å². The molecule has 2 rings (SSSR count). The molecule has 5 heteroatoms. The van der Waals surface area contributed by atoms with Crippen molar-refractivity contribution in [3.63, 3.8) is 0 Å². The zero-order valence-corrected chi connectivity index (χ0v) is 13.4. The summed E-state index contributed by atoms with van der Waals surface area (Å²) < 4.78 is 5.44. The Morgan fingerprint density at radius 1 is 1.30 bits per heavy atom. The normalized spacial score (nSPS) is 17.9. The predicted octanol–water partition coefficient (Wildman–Crippen LogP) is 3.19. The number of hydrogen-bond donors (Lipinski definition) is 0. The average molecular weight is 296 g/mol. The Hall–Kier alpha value is -1.07. The van der Waals surface area contributed by atoms with E-state index in [1.54, 1.807) is 11.3 Å². The van der Waals surface area contributed by atoms with Crippen molar-refractivity contribution in [1.82, 2.24) is 9.80 Å². The van der Waals surface area contributed by atoms with Crippen LogP contribution in [-0.4, -0.2) is 47.7 Å². The number of nitrogens with zero attached hydrogens (tertiary/aromatic N) is 2. The van der Waals surface area contributed by atoms with E-state index in [0.717, 1.165) is 39.1 Å². The maximum absolute atomic E-state index is 12.1. The van der Waals surface area contributed by atoms with Crippen molar-refractivity contribution < 1.29 is 9.53 Å². The van der Waals surface area contributed by atoms with E-state index in [0.29, 0.717) is 0 Å². The zero-order valence-electron chi connectivity index (χ0n) is 12.6. The Morgan fingerprint density at radius 2 is 2.10 bits per heavy atom. The lowest BCUT2D eigenvalue weighted by molar-refractivity contribution is 0.0257. The first-order chi connectivity index (χ1) is 9.44. The molecule has 0 N–H and O–H groups in total. The lowest BCUT2D eigenvalue weighted by Gasteiger charge is -2.26. The van der Waals surface area contributed by atoms with E-state index in [2.05, 4.69) is 22.4 Å². The van der Waals surface area contributed by atoms with Crippen LogP contribution in [0.1, 0.15) is 32.1 Å². The number of hydrogen-bond acceptors (Lipinski definition) is 4. The number of ether oxygens (including phenoxy) is 1. The molecule has 1 aliphatic heterocycles. The van der Waals surface area contributed by atoms with Gasteiger partial charge in [0.25, 0.3) is 0 Å². The second kappa shape index (κ2) is 6.59. The number of carbonyl (C=O) groups excluding carboxylic acids is 1. The molecular weight excluding hydrogens is 272 g/mol. The Balaban J connectivity index is 1.84. The van der Waals surface area contributed by atoms with Gasteiger partial charge >= 0.3 is 6.09 Å². The van der Waals surface area contributed by atoms with Gasteiger partial charge in [0.15, 0.2) is 0 Å². The molecule has 0 aromatic carbocycles. The van der Waals surface area contributed by atoms with Gasteiger partial charge in [0.05, 0.1) is 0 Å². The highest BCUT2D eigenvalue weighted by atomic mass is 32.1. The van der Waals surface area contributed by atoms with Gasteiger partial charge in [-0.05, 0) is 38.6 Å². The smallest absolute Gasteiger partial charge is 0.410 e. The van der Waals surface area contributed by atoms with Gasteiger partial charge in [0, 0.05) is 37.6 Å². The summed E-state index contributed by atoms with van der Waals surface area (Å²) >= 11 is 1.79. The van der Waals surface area contributed by atoms with Crippen LogP contribution >= 0.6 is 11.3 Å². The molecule has 0 spiro atoms. The van der Waals surface area contributed by atoms with E-state index in [4.69, 9.17) is 4.74 Å². The van der Waals surface area contributed by atoms with Crippen LogP contribution in [0.5, 0.6) is 0 Å². The average Bonchev–Trinajstić information content (AvgIpc) is 2.72. The molecule has 20 heavy (non-hydrogen) atoms. The van der Waals surface area contributed by atoms with Gasteiger partial charge in [-0.1, -0.05) is 6.07 Å². The summed E-state index contributed by atoms with van der Waals surface area (Å²) in [5, 5.41) is 2.11. The molecule has 1 saturated heterocycles. The summed E-state index contributed by atoms with van der Waals surface area (Å²) in [7, 11) is 0. The summed E-state index contributed by atoms with van der Waals surface area (Å²) in [4.78, 5) is 17.7. The maximum Gasteiger partial charge on any atom is 0.410 e. The second-order valence-electron chi connectivity index (χ2n) is 6.18. The molecule has 0 bridgehead atoms. The fraction of sp³-hybridized carbons (Fsp3) is 0.667. The molecule has 1 amide bonds. The highest BCUT2D eigenvalue weighted by Gasteiger charge is 2.24. The van der Waals surface area contributed by atoms with Gasteiger partial charge in [-0.25, -0.2) is 4.79 Å². The number of amides is 1. The largest absolute Gasteiger partial charge is 0.444 e. The van der Waals surface area contributed by atoms with Crippen molar-refractivity contribution in [1.29, 1.82) is 0 Å². The molecular formula is C15H24N2O2S. The van der Waals surface area contributed by atoms with Crippen LogP contribution in [0.15, 0.2) is 17.5 Å². The second-order valence-corrected chi connectivity index (χ2v) is 7.21. The molecule has 0 unspecified atom stereocenters. The molecule has 1 aromatic rings. The van der Waals surface area contributed by atoms with Gasteiger partial charge in [-0.3, -0.25) is 4.90 Å². The van der Waals surface area contributed by atoms with Gasteiger partial charge < -0.3 is 9.64 Å². The summed E-state index contributed by atoms with van der Waals surface area (Å²) in [5.41, 5.74) is -0.417. The summed E-state index contributed by atoms with van der Waals surface area (Å²) in [6.45, 7) is 10.2. The minimum atomic E-state index is -0.417. The Kier molecular flexibility index (Phi) is 5.05. The van der Waals surface area contributed by atoms with E-state index in [9.17, 15) is 4.79 Å². The minimum Gasteiger partial charge on any atom is -0.444 e. The predicted molar refractivity (Wildman–Crippen MR) is 82.0 cm³/mol. The molecule has 0 atom stereocenters. The number of carbonyl (C=O) groups is 1.